The van der Waals surface area contributed by atoms with Gasteiger partial charge in [0.1, 0.15) is 17.6 Å². The summed E-state index contributed by atoms with van der Waals surface area (Å²) in [4.78, 5) is 15.0. The number of hydrogen-bond donors (Lipinski definition) is 1. The fourth-order valence-electron chi connectivity index (χ4n) is 3.64. The molecule has 0 spiro atoms. The van der Waals surface area contributed by atoms with Crippen molar-refractivity contribution in [2.24, 2.45) is 0 Å². The Morgan fingerprint density at radius 3 is 2.68 bits per heavy atom. The Morgan fingerprint density at radius 1 is 1.26 bits per heavy atom. The van der Waals surface area contributed by atoms with Crippen molar-refractivity contribution in [2.75, 3.05) is 40.5 Å². The normalized spacial score (nSPS) is 15.3. The lowest BCUT2D eigenvalue weighted by atomic mass is 10.1. The maximum absolute atomic E-state index is 12.6. The lowest BCUT2D eigenvalue weighted by molar-refractivity contribution is 0.0881. The van der Waals surface area contributed by atoms with E-state index in [0.717, 1.165) is 32.5 Å². The number of carbonyl (C=O) groups excluding carboxylic acids is 1. The molecule has 1 aliphatic heterocycles. The van der Waals surface area contributed by atoms with Gasteiger partial charge in [-0.25, -0.2) is 0 Å². The van der Waals surface area contributed by atoms with E-state index in [1.165, 1.54) is 5.56 Å². The van der Waals surface area contributed by atoms with E-state index in [0.29, 0.717) is 36.3 Å². The molecule has 8 heteroatoms. The highest BCUT2D eigenvalue weighted by Crippen LogP contribution is 2.28. The highest BCUT2D eigenvalue weighted by molar-refractivity contribution is 5.97. The van der Waals surface area contributed by atoms with Gasteiger partial charge in [0, 0.05) is 57.2 Å². The van der Waals surface area contributed by atoms with Crippen LogP contribution in [0.1, 0.15) is 48.7 Å². The molecule has 1 aromatic carbocycles. The van der Waals surface area contributed by atoms with Gasteiger partial charge in [0.2, 0.25) is 0 Å². The standard InChI is InChI=1S/C23H34N4O4/c1-17(2)27-16-18(14-25-27)15-26-10-7-19(8-11-26)31-22-13-20(30-4)5-6-21(22)23(28)24-9-12-29-3/h5-6,13-14,16-17,19H,7-12,15H2,1-4H3,(H,24,28). The topological polar surface area (TPSA) is 77.9 Å². The molecule has 1 saturated heterocycles. The van der Waals surface area contributed by atoms with Crippen molar-refractivity contribution < 1.29 is 19.0 Å². The van der Waals surface area contributed by atoms with Gasteiger partial charge in [-0.2, -0.15) is 5.10 Å². The zero-order valence-electron chi connectivity index (χ0n) is 19.0. The molecule has 0 atom stereocenters. The number of aromatic nitrogens is 2. The van der Waals surface area contributed by atoms with Crippen LogP contribution in [0.15, 0.2) is 30.6 Å². The van der Waals surface area contributed by atoms with Gasteiger partial charge in [-0.05, 0) is 38.8 Å². The molecule has 2 aromatic rings. The van der Waals surface area contributed by atoms with Crippen LogP contribution in [0.25, 0.3) is 0 Å². The van der Waals surface area contributed by atoms with Crippen LogP contribution in [-0.4, -0.2) is 67.2 Å². The van der Waals surface area contributed by atoms with E-state index in [2.05, 4.69) is 35.4 Å². The summed E-state index contributed by atoms with van der Waals surface area (Å²) in [5.41, 5.74) is 1.75. The van der Waals surface area contributed by atoms with Crippen LogP contribution in [0.3, 0.4) is 0 Å². The van der Waals surface area contributed by atoms with E-state index in [1.807, 2.05) is 10.9 Å². The van der Waals surface area contributed by atoms with Gasteiger partial charge in [0.25, 0.3) is 5.91 Å². The molecule has 31 heavy (non-hydrogen) atoms. The van der Waals surface area contributed by atoms with E-state index >= 15 is 0 Å². The second kappa shape index (κ2) is 11.2. The molecule has 0 bridgehead atoms. The van der Waals surface area contributed by atoms with Gasteiger partial charge in [0.05, 0.1) is 25.5 Å². The summed E-state index contributed by atoms with van der Waals surface area (Å²) >= 11 is 0. The number of methoxy groups -OCH3 is 2. The SMILES string of the molecule is COCCNC(=O)c1ccc(OC)cc1OC1CCN(Cc2cnn(C(C)C)c2)CC1. The second-order valence-corrected chi connectivity index (χ2v) is 8.13. The Morgan fingerprint density at radius 2 is 2.03 bits per heavy atom. The number of piperidine rings is 1. The zero-order valence-corrected chi connectivity index (χ0v) is 19.0. The monoisotopic (exact) mass is 430 g/mol. The van der Waals surface area contributed by atoms with Crippen molar-refractivity contribution in [3.63, 3.8) is 0 Å². The molecular formula is C23H34N4O4. The molecule has 0 unspecified atom stereocenters. The fraction of sp³-hybridized carbons (Fsp3) is 0.565. The summed E-state index contributed by atoms with van der Waals surface area (Å²) in [5, 5.41) is 7.29. The molecule has 1 aliphatic rings. The number of benzene rings is 1. The van der Waals surface area contributed by atoms with Gasteiger partial charge in [-0.3, -0.25) is 14.4 Å². The Kier molecular flexibility index (Phi) is 8.31. The molecular weight excluding hydrogens is 396 g/mol. The Balaban J connectivity index is 1.57. The minimum Gasteiger partial charge on any atom is -0.497 e. The van der Waals surface area contributed by atoms with E-state index in [4.69, 9.17) is 14.2 Å². The third-order valence-corrected chi connectivity index (χ3v) is 5.44. The molecule has 8 nitrogen and oxygen atoms in total. The van der Waals surface area contributed by atoms with Crippen molar-refractivity contribution in [2.45, 2.75) is 45.4 Å². The van der Waals surface area contributed by atoms with Crippen molar-refractivity contribution in [1.82, 2.24) is 20.0 Å². The third-order valence-electron chi connectivity index (χ3n) is 5.44. The first-order valence-electron chi connectivity index (χ1n) is 10.9. The average molecular weight is 431 g/mol. The predicted octanol–water partition coefficient (Wildman–Crippen LogP) is 2.89. The van der Waals surface area contributed by atoms with Crippen LogP contribution >= 0.6 is 0 Å². The Bertz CT molecular complexity index is 844. The van der Waals surface area contributed by atoms with Crippen LogP contribution in [-0.2, 0) is 11.3 Å². The number of carbonyl (C=O) groups is 1. The van der Waals surface area contributed by atoms with Crippen LogP contribution in [0.2, 0.25) is 0 Å². The van der Waals surface area contributed by atoms with Gasteiger partial charge < -0.3 is 19.5 Å². The number of ether oxygens (including phenoxy) is 3. The highest BCUT2D eigenvalue weighted by atomic mass is 16.5. The van der Waals surface area contributed by atoms with E-state index < -0.39 is 0 Å². The van der Waals surface area contributed by atoms with Crippen molar-refractivity contribution in [3.05, 3.63) is 41.7 Å². The molecule has 0 radical (unpaired) electrons. The van der Waals surface area contributed by atoms with Crippen molar-refractivity contribution in [1.29, 1.82) is 0 Å². The van der Waals surface area contributed by atoms with E-state index in [9.17, 15) is 4.79 Å². The fourth-order valence-corrected chi connectivity index (χ4v) is 3.64. The first-order valence-corrected chi connectivity index (χ1v) is 10.9. The molecule has 1 N–H and O–H groups in total. The highest BCUT2D eigenvalue weighted by Gasteiger charge is 2.23. The lowest BCUT2D eigenvalue weighted by Crippen LogP contribution is -2.38. The number of nitrogens with zero attached hydrogens (tertiary/aromatic N) is 3. The summed E-state index contributed by atoms with van der Waals surface area (Å²) in [6.07, 6.45) is 5.94. The van der Waals surface area contributed by atoms with Gasteiger partial charge in [-0.1, -0.05) is 0 Å². The molecule has 1 fully saturated rings. The first kappa shape index (κ1) is 23.1. The van der Waals surface area contributed by atoms with Gasteiger partial charge in [-0.15, -0.1) is 0 Å². The van der Waals surface area contributed by atoms with Crippen molar-refractivity contribution >= 4 is 5.91 Å². The smallest absolute Gasteiger partial charge is 0.255 e. The second-order valence-electron chi connectivity index (χ2n) is 8.13. The lowest BCUT2D eigenvalue weighted by Gasteiger charge is -2.32. The molecule has 0 saturated carbocycles. The van der Waals surface area contributed by atoms with Crippen LogP contribution < -0.4 is 14.8 Å². The molecule has 1 amide bonds. The number of rotatable bonds is 10. The first-order chi connectivity index (χ1) is 15.0. The summed E-state index contributed by atoms with van der Waals surface area (Å²) < 4.78 is 18.6. The number of hydrogen-bond acceptors (Lipinski definition) is 6. The molecule has 0 aliphatic carbocycles. The number of likely N-dealkylation sites (tertiary alicyclic amines) is 1. The Labute approximate surface area is 184 Å². The number of nitrogens with one attached hydrogen (secondary N) is 1. The number of amides is 1. The Hall–Kier alpha value is -2.58. The minimum atomic E-state index is -0.172. The van der Waals surface area contributed by atoms with Crippen LogP contribution in [0.5, 0.6) is 11.5 Å². The summed E-state index contributed by atoms with van der Waals surface area (Å²) in [5.74, 6) is 1.06. The van der Waals surface area contributed by atoms with Crippen LogP contribution in [0, 0.1) is 0 Å². The summed E-state index contributed by atoms with van der Waals surface area (Å²) in [7, 11) is 3.22. The van der Waals surface area contributed by atoms with E-state index in [-0.39, 0.29) is 12.0 Å². The third kappa shape index (κ3) is 6.45. The summed E-state index contributed by atoms with van der Waals surface area (Å²) in [6, 6.07) is 5.69. The average Bonchev–Trinajstić information content (AvgIpc) is 3.24. The maximum Gasteiger partial charge on any atom is 0.255 e. The zero-order chi connectivity index (χ0) is 22.2. The van der Waals surface area contributed by atoms with Crippen LogP contribution in [0.4, 0.5) is 0 Å². The van der Waals surface area contributed by atoms with E-state index in [1.54, 1.807) is 32.4 Å². The summed E-state index contributed by atoms with van der Waals surface area (Å²) in [6.45, 7) is 7.95. The molecule has 1 aromatic heterocycles. The largest absolute Gasteiger partial charge is 0.497 e. The maximum atomic E-state index is 12.6. The van der Waals surface area contributed by atoms with Gasteiger partial charge >= 0.3 is 0 Å². The molecule has 2 heterocycles. The minimum absolute atomic E-state index is 0.0623. The van der Waals surface area contributed by atoms with Crippen molar-refractivity contribution in [3.8, 4) is 11.5 Å². The predicted molar refractivity (Wildman–Crippen MR) is 119 cm³/mol. The molecule has 170 valence electrons. The van der Waals surface area contributed by atoms with Gasteiger partial charge in [0.15, 0.2) is 0 Å². The quantitative estimate of drug-likeness (QED) is 0.584. The molecule has 3 rings (SSSR count).